The Kier molecular flexibility index (Phi) is 2.84. The first kappa shape index (κ1) is 12.3. The first-order valence-corrected chi connectivity index (χ1v) is 6.54. The summed E-state index contributed by atoms with van der Waals surface area (Å²) in [6.07, 6.45) is 1.36. The van der Waals surface area contributed by atoms with Crippen molar-refractivity contribution in [2.24, 2.45) is 5.41 Å². The molecular weight excluding hydrogens is 239 g/mol. The highest BCUT2D eigenvalue weighted by Gasteiger charge is 2.56. The summed E-state index contributed by atoms with van der Waals surface area (Å²) in [6, 6.07) is 10.1. The van der Waals surface area contributed by atoms with E-state index in [1.54, 1.807) is 4.90 Å². The van der Waals surface area contributed by atoms with Crippen LogP contribution in [0.1, 0.15) is 24.4 Å². The molecule has 1 N–H and O–H groups in total. The van der Waals surface area contributed by atoms with Gasteiger partial charge in [0.1, 0.15) is 0 Å². The number of likely N-dealkylation sites (tertiary alicyclic amines) is 1. The molecule has 2 aliphatic rings. The van der Waals surface area contributed by atoms with Gasteiger partial charge in [-0.2, -0.15) is 0 Å². The molecule has 19 heavy (non-hydrogen) atoms. The average molecular weight is 254 g/mol. The standard InChI is InChI=1S/C14H15BN2O2/c15-13(19)17-8-6-14(7-9-17)11(16-12(14)18)10-4-2-1-3-5-10/h1-5,11H,6-9H2,(H,16,18). The molecule has 2 amide bonds. The summed E-state index contributed by atoms with van der Waals surface area (Å²) in [6.45, 7) is 1.12. The van der Waals surface area contributed by atoms with E-state index < -0.39 is 5.81 Å². The van der Waals surface area contributed by atoms with Crippen LogP contribution in [0.25, 0.3) is 0 Å². The molecule has 0 aliphatic carbocycles. The van der Waals surface area contributed by atoms with Gasteiger partial charge in [0.2, 0.25) is 13.8 Å². The van der Waals surface area contributed by atoms with Crippen LogP contribution in [0.4, 0.5) is 4.79 Å². The van der Waals surface area contributed by atoms with Gasteiger partial charge in [0.25, 0.3) is 0 Å². The van der Waals surface area contributed by atoms with E-state index in [2.05, 4.69) is 5.32 Å². The van der Waals surface area contributed by atoms with E-state index in [-0.39, 0.29) is 17.4 Å². The van der Waals surface area contributed by atoms with Crippen molar-refractivity contribution in [1.29, 1.82) is 0 Å². The average Bonchev–Trinajstić information content (AvgIpc) is 2.45. The molecule has 0 aromatic heterocycles. The van der Waals surface area contributed by atoms with Crippen LogP contribution in [0.15, 0.2) is 30.3 Å². The van der Waals surface area contributed by atoms with Crippen molar-refractivity contribution in [1.82, 2.24) is 10.2 Å². The molecule has 1 aromatic carbocycles. The van der Waals surface area contributed by atoms with Gasteiger partial charge in [0.15, 0.2) is 5.81 Å². The number of benzene rings is 1. The van der Waals surface area contributed by atoms with Crippen molar-refractivity contribution < 1.29 is 9.59 Å². The molecular formula is C14H15BN2O2. The van der Waals surface area contributed by atoms with Gasteiger partial charge in [-0.25, -0.2) is 0 Å². The summed E-state index contributed by atoms with van der Waals surface area (Å²) in [5.74, 6) is -0.295. The number of hydrogen-bond acceptors (Lipinski definition) is 2. The molecule has 2 radical (unpaired) electrons. The Hall–Kier alpha value is -1.78. The molecule has 2 heterocycles. The van der Waals surface area contributed by atoms with Crippen LogP contribution in [0.5, 0.6) is 0 Å². The minimum absolute atomic E-state index is 0.0660. The summed E-state index contributed by atoms with van der Waals surface area (Å²) in [4.78, 5) is 24.8. The van der Waals surface area contributed by atoms with Crippen LogP contribution in [0.2, 0.25) is 0 Å². The number of rotatable bonds is 1. The summed E-state index contributed by atoms with van der Waals surface area (Å²) < 4.78 is 0. The minimum Gasteiger partial charge on any atom is -0.352 e. The van der Waals surface area contributed by atoms with Gasteiger partial charge in [-0.15, -0.1) is 0 Å². The molecule has 2 aliphatic heterocycles. The second-order valence-corrected chi connectivity index (χ2v) is 5.30. The first-order chi connectivity index (χ1) is 9.13. The van der Waals surface area contributed by atoms with Crippen LogP contribution in [0, 0.1) is 5.41 Å². The van der Waals surface area contributed by atoms with Crippen molar-refractivity contribution in [2.75, 3.05) is 13.1 Å². The Morgan fingerprint density at radius 2 is 1.89 bits per heavy atom. The molecule has 5 heteroatoms. The Bertz CT molecular complexity index is 509. The van der Waals surface area contributed by atoms with Gasteiger partial charge in [0, 0.05) is 13.1 Å². The lowest BCUT2D eigenvalue weighted by molar-refractivity contribution is -0.150. The number of hydrogen-bond donors (Lipinski definition) is 1. The van der Waals surface area contributed by atoms with E-state index in [0.29, 0.717) is 25.9 Å². The lowest BCUT2D eigenvalue weighted by atomic mass is 9.64. The highest BCUT2D eigenvalue weighted by Crippen LogP contribution is 2.49. The molecule has 2 saturated heterocycles. The normalized spacial score (nSPS) is 24.7. The number of β-lactam (4-membered cyclic amide) rings is 1. The fourth-order valence-corrected chi connectivity index (χ4v) is 3.16. The highest BCUT2D eigenvalue weighted by atomic mass is 16.2. The zero-order valence-electron chi connectivity index (χ0n) is 10.6. The summed E-state index contributed by atoms with van der Waals surface area (Å²) in [7, 11) is 5.28. The molecule has 1 atom stereocenters. The molecule has 96 valence electrons. The summed E-state index contributed by atoms with van der Waals surface area (Å²) in [5.41, 5.74) is 0.780. The van der Waals surface area contributed by atoms with Crippen molar-refractivity contribution in [3.05, 3.63) is 35.9 Å². The Morgan fingerprint density at radius 1 is 1.26 bits per heavy atom. The van der Waals surface area contributed by atoms with Crippen LogP contribution in [-0.2, 0) is 4.79 Å². The van der Waals surface area contributed by atoms with Gasteiger partial charge in [-0.3, -0.25) is 9.59 Å². The van der Waals surface area contributed by atoms with E-state index in [0.717, 1.165) is 5.56 Å². The van der Waals surface area contributed by atoms with Gasteiger partial charge in [0.05, 0.1) is 11.5 Å². The van der Waals surface area contributed by atoms with Crippen molar-refractivity contribution in [3.8, 4) is 0 Å². The number of nitrogens with one attached hydrogen (secondary N) is 1. The molecule has 1 unspecified atom stereocenters. The van der Waals surface area contributed by atoms with Gasteiger partial charge < -0.3 is 10.2 Å². The molecule has 4 nitrogen and oxygen atoms in total. The first-order valence-electron chi connectivity index (χ1n) is 6.54. The maximum Gasteiger partial charge on any atom is 0.229 e. The second kappa shape index (κ2) is 4.40. The molecule has 1 spiro atoms. The smallest absolute Gasteiger partial charge is 0.229 e. The zero-order valence-corrected chi connectivity index (χ0v) is 10.6. The fourth-order valence-electron chi connectivity index (χ4n) is 3.16. The third kappa shape index (κ3) is 1.84. The number of carbonyl (C=O) groups excluding carboxylic acids is 2. The maximum absolute atomic E-state index is 12.0. The van der Waals surface area contributed by atoms with Gasteiger partial charge in [-0.05, 0) is 18.4 Å². The largest absolute Gasteiger partial charge is 0.352 e. The van der Waals surface area contributed by atoms with Crippen LogP contribution in [0.3, 0.4) is 0 Å². The number of amides is 2. The maximum atomic E-state index is 12.0. The van der Waals surface area contributed by atoms with E-state index in [4.69, 9.17) is 7.85 Å². The van der Waals surface area contributed by atoms with Gasteiger partial charge >= 0.3 is 0 Å². The van der Waals surface area contributed by atoms with Gasteiger partial charge in [-0.1, -0.05) is 30.3 Å². The molecule has 0 bridgehead atoms. The van der Waals surface area contributed by atoms with Crippen molar-refractivity contribution >= 4 is 19.6 Å². The van der Waals surface area contributed by atoms with Crippen molar-refractivity contribution in [3.63, 3.8) is 0 Å². The van der Waals surface area contributed by atoms with Crippen LogP contribution in [-0.4, -0.2) is 37.5 Å². The Balaban J connectivity index is 1.80. The lowest BCUT2D eigenvalue weighted by Gasteiger charge is -2.52. The number of nitrogens with zero attached hydrogens (tertiary/aromatic N) is 1. The van der Waals surface area contributed by atoms with Crippen LogP contribution >= 0.6 is 0 Å². The third-order valence-corrected chi connectivity index (χ3v) is 4.38. The SMILES string of the molecule is [B]C(=O)N1CCC2(CC1)C(=O)NC2c1ccccc1. The quantitative estimate of drug-likeness (QED) is 0.605. The topological polar surface area (TPSA) is 49.4 Å². The fraction of sp³-hybridized carbons (Fsp3) is 0.429. The summed E-state index contributed by atoms with van der Waals surface area (Å²) in [5, 5.41) is 2.99. The Labute approximate surface area is 113 Å². The molecule has 1 aromatic rings. The van der Waals surface area contributed by atoms with E-state index in [1.165, 1.54) is 0 Å². The van der Waals surface area contributed by atoms with Crippen LogP contribution < -0.4 is 5.32 Å². The number of piperidine rings is 1. The van der Waals surface area contributed by atoms with E-state index in [1.807, 2.05) is 30.3 Å². The third-order valence-electron chi connectivity index (χ3n) is 4.38. The highest BCUT2D eigenvalue weighted by molar-refractivity contribution is 6.56. The van der Waals surface area contributed by atoms with E-state index >= 15 is 0 Å². The van der Waals surface area contributed by atoms with Crippen molar-refractivity contribution in [2.45, 2.75) is 18.9 Å². The molecule has 0 saturated carbocycles. The predicted octanol–water partition coefficient (Wildman–Crippen LogP) is 1.23. The second-order valence-electron chi connectivity index (χ2n) is 5.30. The Morgan fingerprint density at radius 3 is 2.42 bits per heavy atom. The molecule has 3 rings (SSSR count). The minimum atomic E-state index is -0.397. The zero-order chi connectivity index (χ0) is 13.5. The van der Waals surface area contributed by atoms with E-state index in [9.17, 15) is 9.59 Å². The predicted molar refractivity (Wildman–Crippen MR) is 71.7 cm³/mol. The molecule has 2 fully saturated rings. The number of carbonyl (C=O) groups is 2. The summed E-state index contributed by atoms with van der Waals surface area (Å²) >= 11 is 0. The lowest BCUT2D eigenvalue weighted by Crippen LogP contribution is -2.64. The monoisotopic (exact) mass is 254 g/mol.